The summed E-state index contributed by atoms with van der Waals surface area (Å²) in [5.41, 5.74) is -2.65. The quantitative estimate of drug-likeness (QED) is 0.424. The molecule has 2 aliphatic rings. The number of rotatable bonds is 2. The first kappa shape index (κ1) is 32.0. The third-order valence-corrected chi connectivity index (χ3v) is 5.85. The number of halogens is 6. The van der Waals surface area contributed by atoms with Crippen molar-refractivity contribution < 1.29 is 65.6 Å². The van der Waals surface area contributed by atoms with E-state index < -0.39 is 71.7 Å². The molecule has 2 amide bonds. The van der Waals surface area contributed by atoms with E-state index in [9.17, 15) is 45.5 Å². The summed E-state index contributed by atoms with van der Waals surface area (Å²) >= 11 is 0. The van der Waals surface area contributed by atoms with Crippen molar-refractivity contribution in [1.82, 2.24) is 28.9 Å². The van der Waals surface area contributed by atoms with Gasteiger partial charge >= 0.3 is 36.5 Å². The maximum absolute atomic E-state index is 12.9. The lowest BCUT2D eigenvalue weighted by atomic mass is 10.2. The number of carbonyl (C=O) groups is 4. The zero-order chi connectivity index (χ0) is 31.9. The fraction of sp³-hybridized carbons (Fsp3) is 0.545. The Labute approximate surface area is 231 Å². The Morgan fingerprint density at radius 1 is 0.690 bits per heavy atom. The number of hydrogen-bond acceptors (Lipinski definition) is 7. The number of carbonyl (C=O) groups excluding carboxylic acids is 1. The lowest BCUT2D eigenvalue weighted by Gasteiger charge is -2.31. The van der Waals surface area contributed by atoms with E-state index in [2.05, 4.69) is 9.97 Å². The molecule has 14 nitrogen and oxygen atoms in total. The second-order valence-corrected chi connectivity index (χ2v) is 9.98. The van der Waals surface area contributed by atoms with Gasteiger partial charge in [-0.3, -0.25) is 0 Å². The molecule has 3 N–H and O–H groups in total. The van der Waals surface area contributed by atoms with Crippen molar-refractivity contribution in [1.29, 1.82) is 0 Å². The van der Waals surface area contributed by atoms with Crippen LogP contribution in [0.3, 0.4) is 0 Å². The number of nitrogens with zero attached hydrogens (tertiary/aromatic N) is 6. The van der Waals surface area contributed by atoms with Crippen molar-refractivity contribution in [3.05, 3.63) is 34.4 Å². The minimum Gasteiger partial charge on any atom is -0.476 e. The first-order valence-corrected chi connectivity index (χ1v) is 11.9. The molecule has 4 heterocycles. The van der Waals surface area contributed by atoms with E-state index in [1.807, 2.05) is 0 Å². The molecule has 232 valence electrons. The number of aromatic nitrogens is 4. The SMILES string of the molecule is CC(C)(C)OC(=O)N1CCn2c(C(F)(F)F)nc(C(=O)O)c2C1.O=C(O)c1nc(C(F)(F)F)n2c1CN(C(=O)O)CC2. The second kappa shape index (κ2) is 11.0. The van der Waals surface area contributed by atoms with Crippen molar-refractivity contribution in [3.63, 3.8) is 0 Å². The monoisotopic (exact) mass is 614 g/mol. The summed E-state index contributed by atoms with van der Waals surface area (Å²) in [6.45, 7) is 3.57. The van der Waals surface area contributed by atoms with Crippen molar-refractivity contribution in [2.24, 2.45) is 0 Å². The van der Waals surface area contributed by atoms with E-state index >= 15 is 0 Å². The number of fused-ring (bicyclic) bond motifs is 2. The van der Waals surface area contributed by atoms with Gasteiger partial charge in [0.25, 0.3) is 0 Å². The van der Waals surface area contributed by atoms with Gasteiger partial charge in [-0.2, -0.15) is 26.3 Å². The highest BCUT2D eigenvalue weighted by molar-refractivity contribution is 5.87. The molecule has 0 aromatic carbocycles. The first-order valence-electron chi connectivity index (χ1n) is 11.9. The lowest BCUT2D eigenvalue weighted by Crippen LogP contribution is -2.42. The van der Waals surface area contributed by atoms with Crippen LogP contribution in [-0.4, -0.2) is 87.0 Å². The van der Waals surface area contributed by atoms with Crippen LogP contribution in [-0.2, 0) is 43.3 Å². The molecule has 42 heavy (non-hydrogen) atoms. The highest BCUT2D eigenvalue weighted by Gasteiger charge is 2.43. The lowest BCUT2D eigenvalue weighted by molar-refractivity contribution is -0.148. The smallest absolute Gasteiger partial charge is 0.449 e. The van der Waals surface area contributed by atoms with Crippen molar-refractivity contribution >= 4 is 24.1 Å². The largest absolute Gasteiger partial charge is 0.476 e. The van der Waals surface area contributed by atoms with Gasteiger partial charge in [0, 0.05) is 26.2 Å². The molecule has 0 bridgehead atoms. The molecule has 4 rings (SSSR count). The number of alkyl halides is 6. The number of carboxylic acid groups (broad SMARTS) is 3. The van der Waals surface area contributed by atoms with Crippen LogP contribution in [0.5, 0.6) is 0 Å². The molecule has 0 unspecified atom stereocenters. The van der Waals surface area contributed by atoms with Gasteiger partial charge in [0.15, 0.2) is 11.4 Å². The normalized spacial score (nSPS) is 15.3. The number of carboxylic acids is 2. The van der Waals surface area contributed by atoms with E-state index in [1.165, 1.54) is 0 Å². The predicted molar refractivity (Wildman–Crippen MR) is 123 cm³/mol. The number of amides is 2. The van der Waals surface area contributed by atoms with Crippen LogP contribution < -0.4 is 0 Å². The minimum absolute atomic E-state index is 0.0274. The highest BCUT2D eigenvalue weighted by Crippen LogP contribution is 2.33. The standard InChI is InChI=1S/C13H16F3N3O4.C9H8F3N3O4/c1-12(2,3)23-11(22)18-4-5-19-7(6-18)8(9(20)21)17-10(19)13(14,15)16;10-9(11,12)7-13-5(6(16)17)4-3-14(8(18)19)1-2-15(4)7/h4-6H2,1-3H3,(H,20,21);1-3H2,(H,16,17)(H,18,19). The van der Waals surface area contributed by atoms with Gasteiger partial charge in [-0.25, -0.2) is 29.1 Å². The molecular formula is C22H24F6N6O8. The van der Waals surface area contributed by atoms with Crippen molar-refractivity contribution in [3.8, 4) is 0 Å². The van der Waals surface area contributed by atoms with Gasteiger partial charge in [-0.1, -0.05) is 0 Å². The highest BCUT2D eigenvalue weighted by atomic mass is 19.4. The Morgan fingerprint density at radius 3 is 1.40 bits per heavy atom. The molecule has 0 aliphatic carbocycles. The molecule has 0 spiro atoms. The van der Waals surface area contributed by atoms with Gasteiger partial charge in [0.2, 0.25) is 11.6 Å². The third-order valence-electron chi connectivity index (χ3n) is 5.85. The van der Waals surface area contributed by atoms with Crippen LogP contribution in [0.2, 0.25) is 0 Å². The van der Waals surface area contributed by atoms with Crippen LogP contribution in [0.15, 0.2) is 0 Å². The fourth-order valence-electron chi connectivity index (χ4n) is 4.16. The Morgan fingerprint density at radius 2 is 1.07 bits per heavy atom. The summed E-state index contributed by atoms with van der Waals surface area (Å²) in [4.78, 5) is 53.1. The Hall–Kier alpha value is -4.52. The summed E-state index contributed by atoms with van der Waals surface area (Å²) in [5.74, 6) is -5.78. The van der Waals surface area contributed by atoms with Crippen LogP contribution >= 0.6 is 0 Å². The van der Waals surface area contributed by atoms with E-state index in [-0.39, 0.29) is 44.1 Å². The van der Waals surface area contributed by atoms with E-state index in [1.54, 1.807) is 20.8 Å². The van der Waals surface area contributed by atoms with Crippen LogP contribution in [0.25, 0.3) is 0 Å². The molecular weight excluding hydrogens is 590 g/mol. The summed E-state index contributed by atoms with van der Waals surface area (Å²) < 4.78 is 83.6. The number of ether oxygens (including phenoxy) is 1. The van der Waals surface area contributed by atoms with Crippen molar-refractivity contribution in [2.75, 3.05) is 13.1 Å². The van der Waals surface area contributed by atoms with E-state index in [0.717, 1.165) is 14.4 Å². The molecule has 0 saturated heterocycles. The van der Waals surface area contributed by atoms with Crippen LogP contribution in [0.4, 0.5) is 35.9 Å². The number of hydrogen-bond donors (Lipinski definition) is 3. The van der Waals surface area contributed by atoms with Gasteiger partial charge in [0.1, 0.15) is 5.60 Å². The molecule has 20 heteroatoms. The van der Waals surface area contributed by atoms with Crippen molar-refractivity contribution in [2.45, 2.75) is 64.9 Å². The van der Waals surface area contributed by atoms with Gasteiger partial charge in [-0.05, 0) is 20.8 Å². The zero-order valence-electron chi connectivity index (χ0n) is 22.1. The predicted octanol–water partition coefficient (Wildman–Crippen LogP) is 3.44. The Kier molecular flexibility index (Phi) is 8.42. The van der Waals surface area contributed by atoms with E-state index in [4.69, 9.17) is 20.1 Å². The number of aromatic carboxylic acids is 2. The molecule has 2 aromatic heterocycles. The third kappa shape index (κ3) is 6.85. The average Bonchev–Trinajstić information content (AvgIpc) is 3.42. The maximum Gasteiger partial charge on any atom is 0.449 e. The second-order valence-electron chi connectivity index (χ2n) is 9.98. The average molecular weight is 614 g/mol. The fourth-order valence-corrected chi connectivity index (χ4v) is 4.16. The van der Waals surface area contributed by atoms with Gasteiger partial charge in [-0.15, -0.1) is 0 Å². The minimum atomic E-state index is -4.78. The molecule has 0 fully saturated rings. The Balaban J connectivity index is 0.000000235. The molecule has 2 aromatic rings. The maximum atomic E-state index is 12.9. The number of imidazole rings is 2. The topological polar surface area (TPSA) is 180 Å². The zero-order valence-corrected chi connectivity index (χ0v) is 22.1. The molecule has 0 saturated carbocycles. The van der Waals surface area contributed by atoms with Gasteiger partial charge < -0.3 is 39.0 Å². The first-order chi connectivity index (χ1) is 19.1. The Bertz CT molecular complexity index is 1410. The van der Waals surface area contributed by atoms with Crippen LogP contribution in [0, 0.1) is 0 Å². The summed E-state index contributed by atoms with van der Waals surface area (Å²) in [5, 5.41) is 26.7. The summed E-state index contributed by atoms with van der Waals surface area (Å²) in [6, 6.07) is 0. The molecule has 0 radical (unpaired) electrons. The van der Waals surface area contributed by atoms with Crippen LogP contribution in [0.1, 0.15) is 64.8 Å². The van der Waals surface area contributed by atoms with E-state index in [0.29, 0.717) is 4.57 Å². The summed E-state index contributed by atoms with van der Waals surface area (Å²) in [7, 11) is 0. The van der Waals surface area contributed by atoms with Gasteiger partial charge in [0.05, 0.1) is 24.5 Å². The molecule has 2 aliphatic heterocycles. The summed E-state index contributed by atoms with van der Waals surface area (Å²) in [6.07, 6.45) is -11.6. The molecule has 0 atom stereocenters.